The zero-order valence-electron chi connectivity index (χ0n) is 15.4. The predicted molar refractivity (Wildman–Crippen MR) is 93.9 cm³/mol. The molecule has 0 bridgehead atoms. The van der Waals surface area contributed by atoms with Crippen molar-refractivity contribution in [1.82, 2.24) is 0 Å². The molecule has 0 amide bonds. The molecule has 6 nitrogen and oxygen atoms in total. The minimum absolute atomic E-state index is 0.0510. The van der Waals surface area contributed by atoms with Crippen LogP contribution in [0.25, 0.3) is 0 Å². The third-order valence-corrected chi connectivity index (χ3v) is 4.90. The van der Waals surface area contributed by atoms with Gasteiger partial charge in [0.25, 0.3) is 0 Å². The predicted octanol–water partition coefficient (Wildman–Crippen LogP) is 1.18. The Morgan fingerprint density at radius 3 is 2.44 bits per heavy atom. The molecule has 1 aliphatic heterocycles. The first-order valence-corrected chi connectivity index (χ1v) is 8.66. The van der Waals surface area contributed by atoms with Crippen LogP contribution in [-0.2, 0) is 14.3 Å². The molecular weight excluding hydrogens is 324 g/mol. The molecule has 1 unspecified atom stereocenters. The highest BCUT2D eigenvalue weighted by atomic mass is 16.6. The summed E-state index contributed by atoms with van der Waals surface area (Å²) in [6.45, 7) is 10.1. The van der Waals surface area contributed by atoms with Gasteiger partial charge in [-0.2, -0.15) is 0 Å². The number of aliphatic hydroxyl groups is 3. The number of ketones is 2. The standard InChI is InChI=1S/C19H30O6/c1-6-8-11(3)18-19(5,25-18)17(24)14(10-20)16(23)12(4)15(22)9-13(21)7-2/h6,8,11,14-15,17-18,20,22,24H,4,7,9-10H2,1-3,5H3/b8-6-/t11-,14-,15-,17-,18+,19?/m0/s1. The fraction of sp³-hybridized carbons (Fsp3) is 0.684. The zero-order valence-corrected chi connectivity index (χ0v) is 15.4. The average molecular weight is 354 g/mol. The maximum absolute atomic E-state index is 12.5. The van der Waals surface area contributed by atoms with Gasteiger partial charge in [-0.05, 0) is 13.8 Å². The molecule has 6 heteroatoms. The van der Waals surface area contributed by atoms with E-state index in [0.29, 0.717) is 0 Å². The van der Waals surface area contributed by atoms with Crippen LogP contribution in [0, 0.1) is 11.8 Å². The van der Waals surface area contributed by atoms with Gasteiger partial charge in [0.15, 0.2) is 5.78 Å². The highest BCUT2D eigenvalue weighted by Crippen LogP contribution is 2.46. The summed E-state index contributed by atoms with van der Waals surface area (Å²) in [5, 5.41) is 30.2. The first kappa shape index (κ1) is 21.7. The quantitative estimate of drug-likeness (QED) is 0.292. The van der Waals surface area contributed by atoms with E-state index < -0.39 is 36.1 Å². The van der Waals surface area contributed by atoms with E-state index in [4.69, 9.17) is 4.74 Å². The smallest absolute Gasteiger partial charge is 0.168 e. The molecule has 6 atom stereocenters. The summed E-state index contributed by atoms with van der Waals surface area (Å²) in [5.74, 6) is -1.96. The summed E-state index contributed by atoms with van der Waals surface area (Å²) in [5.41, 5.74) is -1.13. The highest BCUT2D eigenvalue weighted by molar-refractivity contribution is 5.98. The van der Waals surface area contributed by atoms with Gasteiger partial charge in [0.05, 0.1) is 30.8 Å². The number of Topliss-reactive ketones (excluding diaryl/α,β-unsaturated/α-hetero) is 2. The molecule has 1 heterocycles. The third kappa shape index (κ3) is 4.85. The van der Waals surface area contributed by atoms with Crippen molar-refractivity contribution >= 4 is 11.6 Å². The van der Waals surface area contributed by atoms with Gasteiger partial charge in [-0.15, -0.1) is 0 Å². The SMILES string of the molecule is C=C(C(=O)[C@H](CO)[C@H](O)C1(C)O[C@@H]1[C@@H](C)/C=C\C)[C@@H](O)CC(=O)CC. The lowest BCUT2D eigenvalue weighted by atomic mass is 9.81. The minimum Gasteiger partial charge on any atom is -0.396 e. The summed E-state index contributed by atoms with van der Waals surface area (Å²) in [4.78, 5) is 24.0. The van der Waals surface area contributed by atoms with Gasteiger partial charge in [0.1, 0.15) is 11.4 Å². The third-order valence-electron chi connectivity index (χ3n) is 4.90. The molecule has 142 valence electrons. The van der Waals surface area contributed by atoms with Gasteiger partial charge in [0, 0.05) is 24.3 Å². The summed E-state index contributed by atoms with van der Waals surface area (Å²) in [6.07, 6.45) is 1.06. The second kappa shape index (κ2) is 8.85. The van der Waals surface area contributed by atoms with E-state index in [1.54, 1.807) is 13.8 Å². The number of carbonyl (C=O) groups is 2. The number of ether oxygens (including phenoxy) is 1. The molecule has 1 saturated heterocycles. The van der Waals surface area contributed by atoms with Gasteiger partial charge in [-0.1, -0.05) is 32.6 Å². The van der Waals surface area contributed by atoms with Crippen LogP contribution >= 0.6 is 0 Å². The first-order valence-electron chi connectivity index (χ1n) is 8.66. The zero-order chi connectivity index (χ0) is 19.4. The Hall–Kier alpha value is -1.34. The van der Waals surface area contributed by atoms with Crippen molar-refractivity contribution in [3.63, 3.8) is 0 Å². The first-order chi connectivity index (χ1) is 11.6. The van der Waals surface area contributed by atoms with Crippen molar-refractivity contribution < 1.29 is 29.6 Å². The van der Waals surface area contributed by atoms with Crippen LogP contribution in [-0.4, -0.2) is 57.4 Å². The second-order valence-electron chi connectivity index (χ2n) is 6.84. The number of aliphatic hydroxyl groups excluding tert-OH is 3. The molecule has 1 fully saturated rings. The monoisotopic (exact) mass is 354 g/mol. The van der Waals surface area contributed by atoms with Crippen LogP contribution in [0.1, 0.15) is 40.5 Å². The maximum Gasteiger partial charge on any atom is 0.168 e. The summed E-state index contributed by atoms with van der Waals surface area (Å²) in [7, 11) is 0. The van der Waals surface area contributed by atoms with Gasteiger partial charge >= 0.3 is 0 Å². The molecular formula is C19H30O6. The molecule has 1 aliphatic rings. The molecule has 0 saturated carbocycles. The molecule has 1 rings (SSSR count). The van der Waals surface area contributed by atoms with Crippen molar-refractivity contribution in [3.8, 4) is 0 Å². The number of rotatable bonds is 11. The molecule has 0 aromatic carbocycles. The summed E-state index contributed by atoms with van der Waals surface area (Å²) in [6, 6.07) is 0. The Balaban J connectivity index is 2.82. The maximum atomic E-state index is 12.5. The van der Waals surface area contributed by atoms with Crippen molar-refractivity contribution in [1.29, 1.82) is 0 Å². The Morgan fingerprint density at radius 1 is 1.36 bits per heavy atom. The topological polar surface area (TPSA) is 107 Å². The van der Waals surface area contributed by atoms with Crippen molar-refractivity contribution in [2.24, 2.45) is 11.8 Å². The van der Waals surface area contributed by atoms with E-state index >= 15 is 0 Å². The number of carbonyl (C=O) groups excluding carboxylic acids is 2. The van der Waals surface area contributed by atoms with Gasteiger partial charge in [0.2, 0.25) is 0 Å². The van der Waals surface area contributed by atoms with Crippen LogP contribution < -0.4 is 0 Å². The van der Waals surface area contributed by atoms with E-state index in [1.807, 2.05) is 26.0 Å². The fourth-order valence-corrected chi connectivity index (χ4v) is 3.12. The van der Waals surface area contributed by atoms with Crippen LogP contribution in [0.15, 0.2) is 24.3 Å². The Morgan fingerprint density at radius 2 is 1.96 bits per heavy atom. The fourth-order valence-electron chi connectivity index (χ4n) is 3.12. The Bertz CT molecular complexity index is 540. The van der Waals surface area contributed by atoms with Crippen LogP contribution in [0.2, 0.25) is 0 Å². The van der Waals surface area contributed by atoms with Gasteiger partial charge in [-0.25, -0.2) is 0 Å². The highest BCUT2D eigenvalue weighted by Gasteiger charge is 2.61. The molecule has 0 radical (unpaired) electrons. The normalized spacial score (nSPS) is 27.6. The number of allylic oxidation sites excluding steroid dienone is 1. The van der Waals surface area contributed by atoms with Crippen LogP contribution in [0.5, 0.6) is 0 Å². The average Bonchev–Trinajstić information content (AvgIpc) is 3.28. The lowest BCUT2D eigenvalue weighted by Gasteiger charge is -2.26. The lowest BCUT2D eigenvalue weighted by Crippen LogP contribution is -2.44. The van der Waals surface area contributed by atoms with Crippen LogP contribution in [0.4, 0.5) is 0 Å². The van der Waals surface area contributed by atoms with Crippen molar-refractivity contribution in [2.75, 3.05) is 6.61 Å². The van der Waals surface area contributed by atoms with Crippen molar-refractivity contribution in [2.45, 2.75) is 64.4 Å². The second-order valence-corrected chi connectivity index (χ2v) is 6.84. The Kier molecular flexibility index (Phi) is 7.68. The van der Waals surface area contributed by atoms with E-state index in [-0.39, 0.29) is 36.2 Å². The van der Waals surface area contributed by atoms with E-state index in [9.17, 15) is 24.9 Å². The number of hydrogen-bond acceptors (Lipinski definition) is 6. The van der Waals surface area contributed by atoms with E-state index in [1.165, 1.54) is 0 Å². The van der Waals surface area contributed by atoms with Crippen molar-refractivity contribution in [3.05, 3.63) is 24.3 Å². The molecule has 0 aromatic heterocycles. The van der Waals surface area contributed by atoms with Gasteiger partial charge < -0.3 is 20.1 Å². The molecule has 25 heavy (non-hydrogen) atoms. The van der Waals surface area contributed by atoms with E-state index in [0.717, 1.165) is 0 Å². The molecule has 0 aromatic rings. The summed E-state index contributed by atoms with van der Waals surface area (Å²) >= 11 is 0. The molecule has 3 N–H and O–H groups in total. The molecule has 0 spiro atoms. The molecule has 0 aliphatic carbocycles. The van der Waals surface area contributed by atoms with Crippen LogP contribution in [0.3, 0.4) is 0 Å². The Labute approximate surface area is 149 Å². The number of hydrogen-bond donors (Lipinski definition) is 3. The largest absolute Gasteiger partial charge is 0.396 e. The minimum atomic E-state index is -1.31. The number of epoxide rings is 1. The van der Waals surface area contributed by atoms with Gasteiger partial charge in [-0.3, -0.25) is 9.59 Å². The lowest BCUT2D eigenvalue weighted by molar-refractivity contribution is -0.127. The summed E-state index contributed by atoms with van der Waals surface area (Å²) < 4.78 is 5.62. The van der Waals surface area contributed by atoms with E-state index in [2.05, 4.69) is 6.58 Å².